The topological polar surface area (TPSA) is 105 Å². The quantitative estimate of drug-likeness (QED) is 0.135. The molecule has 0 amide bonds. The Labute approximate surface area is 333 Å². The SMILES string of the molecule is CCC1CCC2C3CCC4C(c5ccc(Oc6ccc7c(c6)C(=O)OC7=O)cc5)C(c5cccc(Oc6ccc7c(c6)C(=O)OC7=O)c5)CCC4(C)C3CCC12C. The fraction of sp³-hybridized carbons (Fsp3) is 0.429. The maximum atomic E-state index is 12.3. The number of fused-ring (bicyclic) bond motifs is 7. The lowest BCUT2D eigenvalue weighted by Gasteiger charge is -2.63. The van der Waals surface area contributed by atoms with Crippen LogP contribution in [0.3, 0.4) is 0 Å². The molecule has 6 aliphatic rings. The molecule has 0 spiro atoms. The number of rotatable bonds is 7. The Balaban J connectivity index is 0.971. The Morgan fingerprint density at radius 3 is 1.77 bits per heavy atom. The van der Waals surface area contributed by atoms with Gasteiger partial charge >= 0.3 is 23.9 Å². The van der Waals surface area contributed by atoms with E-state index in [0.29, 0.717) is 34.3 Å². The van der Waals surface area contributed by atoms with Gasteiger partial charge in [0.2, 0.25) is 0 Å². The lowest BCUT2D eigenvalue weighted by molar-refractivity contribution is -0.120. The highest BCUT2D eigenvalue weighted by Crippen LogP contribution is 2.70. The van der Waals surface area contributed by atoms with Crippen molar-refractivity contribution in [1.82, 2.24) is 0 Å². The number of esters is 4. The molecule has 9 atom stereocenters. The van der Waals surface area contributed by atoms with Gasteiger partial charge in [-0.2, -0.15) is 0 Å². The third-order valence-corrected chi connectivity index (χ3v) is 15.7. The first-order valence-electron chi connectivity index (χ1n) is 20.9. The third kappa shape index (κ3) is 5.76. The van der Waals surface area contributed by atoms with E-state index in [1.165, 1.54) is 62.5 Å². The predicted molar refractivity (Wildman–Crippen MR) is 212 cm³/mol. The molecule has 8 nitrogen and oxygen atoms in total. The largest absolute Gasteiger partial charge is 0.457 e. The maximum Gasteiger partial charge on any atom is 0.347 e. The average molecular weight is 765 g/mol. The summed E-state index contributed by atoms with van der Waals surface area (Å²) in [6.45, 7) is 7.67. The second-order valence-electron chi connectivity index (χ2n) is 18.1. The smallest absolute Gasteiger partial charge is 0.347 e. The van der Waals surface area contributed by atoms with Gasteiger partial charge in [-0.05, 0) is 175 Å². The highest BCUT2D eigenvalue weighted by Gasteiger charge is 2.61. The van der Waals surface area contributed by atoms with Crippen molar-refractivity contribution in [3.8, 4) is 23.0 Å². The van der Waals surface area contributed by atoms with E-state index in [9.17, 15) is 19.2 Å². The zero-order valence-corrected chi connectivity index (χ0v) is 32.8. The molecule has 4 aromatic carbocycles. The molecule has 2 aliphatic heterocycles. The molecule has 10 rings (SSSR count). The number of benzene rings is 4. The lowest BCUT2D eigenvalue weighted by Crippen LogP contribution is -2.55. The van der Waals surface area contributed by atoms with Gasteiger partial charge in [0.15, 0.2) is 0 Å². The van der Waals surface area contributed by atoms with Crippen LogP contribution in [-0.2, 0) is 9.47 Å². The zero-order valence-electron chi connectivity index (χ0n) is 32.8. The van der Waals surface area contributed by atoms with Gasteiger partial charge in [-0.15, -0.1) is 0 Å². The van der Waals surface area contributed by atoms with E-state index < -0.39 is 23.9 Å². The van der Waals surface area contributed by atoms with Gasteiger partial charge < -0.3 is 18.9 Å². The summed E-state index contributed by atoms with van der Waals surface area (Å²) in [7, 11) is 0. The molecule has 0 N–H and O–H groups in total. The molecule has 4 saturated carbocycles. The minimum Gasteiger partial charge on any atom is -0.457 e. The van der Waals surface area contributed by atoms with Crippen molar-refractivity contribution in [2.45, 2.75) is 90.4 Å². The molecule has 0 radical (unpaired) electrons. The summed E-state index contributed by atoms with van der Waals surface area (Å²) in [5.41, 5.74) is 4.20. The van der Waals surface area contributed by atoms with Crippen LogP contribution in [0.2, 0.25) is 0 Å². The molecule has 0 bridgehead atoms. The second kappa shape index (κ2) is 13.4. The fourth-order valence-electron chi connectivity index (χ4n) is 13.1. The summed E-state index contributed by atoms with van der Waals surface area (Å²) >= 11 is 0. The van der Waals surface area contributed by atoms with Crippen LogP contribution in [0, 0.1) is 40.4 Å². The summed E-state index contributed by atoms with van der Waals surface area (Å²) in [6, 6.07) is 26.6. The Morgan fingerprint density at radius 1 is 0.544 bits per heavy atom. The fourth-order valence-corrected chi connectivity index (χ4v) is 13.1. The number of hydrogen-bond donors (Lipinski definition) is 0. The van der Waals surface area contributed by atoms with Gasteiger partial charge in [-0.3, -0.25) is 0 Å². The van der Waals surface area contributed by atoms with Gasteiger partial charge in [0.1, 0.15) is 23.0 Å². The van der Waals surface area contributed by atoms with Crippen molar-refractivity contribution < 1.29 is 38.1 Å². The first-order valence-corrected chi connectivity index (χ1v) is 20.9. The van der Waals surface area contributed by atoms with Gasteiger partial charge in [0, 0.05) is 0 Å². The summed E-state index contributed by atoms with van der Waals surface area (Å²) < 4.78 is 22.2. The number of hydrogen-bond acceptors (Lipinski definition) is 8. The molecule has 0 aromatic heterocycles. The van der Waals surface area contributed by atoms with Crippen LogP contribution in [0.5, 0.6) is 23.0 Å². The van der Waals surface area contributed by atoms with Crippen LogP contribution < -0.4 is 9.47 Å². The Hall–Kier alpha value is -5.24. The molecule has 2 heterocycles. The van der Waals surface area contributed by atoms with Crippen molar-refractivity contribution >= 4 is 23.9 Å². The van der Waals surface area contributed by atoms with E-state index in [1.807, 2.05) is 18.2 Å². The average Bonchev–Trinajstić information content (AvgIpc) is 3.81. The minimum absolute atomic E-state index is 0.222. The molecule has 4 aliphatic carbocycles. The number of carbonyl (C=O) groups is 4. The van der Waals surface area contributed by atoms with E-state index in [-0.39, 0.29) is 39.5 Å². The Bertz CT molecular complexity index is 2330. The Morgan fingerprint density at radius 2 is 1.11 bits per heavy atom. The number of ether oxygens (including phenoxy) is 4. The molecule has 8 heteroatoms. The molecular formula is C49H48O8. The van der Waals surface area contributed by atoms with E-state index in [0.717, 1.165) is 30.1 Å². The van der Waals surface area contributed by atoms with Crippen molar-refractivity contribution in [3.05, 3.63) is 118 Å². The summed E-state index contributed by atoms with van der Waals surface area (Å²) in [6.07, 6.45) is 11.5. The van der Waals surface area contributed by atoms with Crippen molar-refractivity contribution in [3.63, 3.8) is 0 Å². The molecular weight excluding hydrogens is 717 g/mol. The van der Waals surface area contributed by atoms with Gasteiger partial charge in [-0.25, -0.2) is 19.2 Å². The summed E-state index contributed by atoms with van der Waals surface area (Å²) in [5, 5.41) is 0. The molecule has 9 unspecified atom stereocenters. The summed E-state index contributed by atoms with van der Waals surface area (Å²) in [4.78, 5) is 48.5. The highest BCUT2D eigenvalue weighted by molar-refractivity contribution is 6.15. The second-order valence-corrected chi connectivity index (χ2v) is 18.1. The minimum atomic E-state index is -0.652. The van der Waals surface area contributed by atoms with Crippen LogP contribution >= 0.6 is 0 Å². The lowest BCUT2D eigenvalue weighted by atomic mass is 9.42. The van der Waals surface area contributed by atoms with Crippen molar-refractivity contribution in [2.75, 3.05) is 0 Å². The molecule has 57 heavy (non-hydrogen) atoms. The predicted octanol–water partition coefficient (Wildman–Crippen LogP) is 11.4. The third-order valence-electron chi connectivity index (χ3n) is 15.7. The van der Waals surface area contributed by atoms with Crippen LogP contribution in [0.15, 0.2) is 84.9 Å². The van der Waals surface area contributed by atoms with Gasteiger partial charge in [0.05, 0.1) is 22.3 Å². The number of cyclic esters (lactones) is 4. The van der Waals surface area contributed by atoms with Crippen molar-refractivity contribution in [2.24, 2.45) is 40.4 Å². The van der Waals surface area contributed by atoms with Crippen LogP contribution in [0.1, 0.15) is 143 Å². The first-order chi connectivity index (χ1) is 27.5. The van der Waals surface area contributed by atoms with E-state index in [4.69, 9.17) is 18.9 Å². The molecule has 292 valence electrons. The first kappa shape index (κ1) is 36.1. The maximum absolute atomic E-state index is 12.3. The molecule has 4 aromatic rings. The van der Waals surface area contributed by atoms with E-state index >= 15 is 0 Å². The normalized spacial score (nSPS) is 32.4. The van der Waals surface area contributed by atoms with Gasteiger partial charge in [-0.1, -0.05) is 51.5 Å². The number of carbonyl (C=O) groups excluding carboxylic acids is 4. The zero-order chi connectivity index (χ0) is 39.2. The highest BCUT2D eigenvalue weighted by atomic mass is 16.6. The Kier molecular flexibility index (Phi) is 8.51. The monoisotopic (exact) mass is 764 g/mol. The van der Waals surface area contributed by atoms with E-state index in [2.05, 4.69) is 51.1 Å². The van der Waals surface area contributed by atoms with Gasteiger partial charge in [0.25, 0.3) is 0 Å². The molecule has 4 fully saturated rings. The molecule has 0 saturated heterocycles. The van der Waals surface area contributed by atoms with Crippen LogP contribution in [0.4, 0.5) is 0 Å². The van der Waals surface area contributed by atoms with Crippen molar-refractivity contribution in [1.29, 1.82) is 0 Å². The van der Waals surface area contributed by atoms with Crippen LogP contribution in [-0.4, -0.2) is 23.9 Å². The standard InChI is InChI=1S/C49H48O8/c1-4-29-10-18-40-37-17-19-42-43(27-8-11-30(12-9-27)54-32-13-15-35-38(25-32)46(52)56-44(35)50)34(20-22-49(42,3)41(37)21-23-48(29,40)2)28-6-5-7-31(24-28)55-33-14-16-36-39(26-33)47(53)57-45(36)51/h5-9,11-16,24-26,29,34,37,40-43H,4,10,17-23H2,1-3H3. The summed E-state index contributed by atoms with van der Waals surface area (Å²) in [5.74, 6) is 3.97. The van der Waals surface area contributed by atoms with E-state index in [1.54, 1.807) is 36.4 Å². The van der Waals surface area contributed by atoms with Crippen LogP contribution in [0.25, 0.3) is 0 Å².